The number of H-pyrrole nitrogens is 1. The Kier molecular flexibility index (Phi) is 12.1. The number of nitrogens with one attached hydrogen (secondary N) is 3. The van der Waals surface area contributed by atoms with Gasteiger partial charge in [-0.25, -0.2) is 18.1 Å². The number of benzene rings is 3. The first-order chi connectivity index (χ1) is 30.4. The Morgan fingerprint density at radius 1 is 1.05 bits per heavy atom. The molecule has 3 fully saturated rings. The van der Waals surface area contributed by atoms with E-state index in [4.69, 9.17) is 25.8 Å². The van der Waals surface area contributed by atoms with Gasteiger partial charge in [0.05, 0.1) is 42.6 Å². The van der Waals surface area contributed by atoms with Crippen LogP contribution in [0.4, 0.5) is 21.5 Å². The first kappa shape index (κ1) is 42.7. The number of pyridine rings is 1. The van der Waals surface area contributed by atoms with Crippen molar-refractivity contribution in [3.8, 4) is 11.5 Å². The number of ether oxygens (including phenoxy) is 3. The molecule has 15 nitrogen and oxygen atoms in total. The molecule has 330 valence electrons. The fraction of sp³-hybridized carbons (Fsp3) is 0.378. The number of fused-ring (bicyclic) bond motifs is 1. The Balaban J connectivity index is 0.937. The molecule has 1 amide bonds. The number of aromatic nitrogens is 2. The number of aromatic amines is 1. The van der Waals surface area contributed by atoms with E-state index in [2.05, 4.69) is 37.2 Å². The predicted molar refractivity (Wildman–Crippen MR) is 237 cm³/mol. The monoisotopic (exact) mass is 899 g/mol. The summed E-state index contributed by atoms with van der Waals surface area (Å²) in [6.45, 7) is 4.87. The zero-order valence-electron chi connectivity index (χ0n) is 34.4. The summed E-state index contributed by atoms with van der Waals surface area (Å²) in [4.78, 5) is 35.9. The summed E-state index contributed by atoms with van der Waals surface area (Å²) >= 11 is 6.27. The minimum Gasteiger partial charge on any atom is -0.455 e. The highest BCUT2D eigenvalue weighted by Gasteiger charge is 2.41. The molecule has 18 heteroatoms. The molecule has 3 N–H and O–H groups in total. The van der Waals surface area contributed by atoms with Crippen molar-refractivity contribution in [2.75, 3.05) is 69.3 Å². The normalized spacial score (nSPS) is 19.2. The van der Waals surface area contributed by atoms with Gasteiger partial charge >= 0.3 is 5.69 Å². The second-order valence-corrected chi connectivity index (χ2v) is 18.8. The second kappa shape index (κ2) is 17.9. The summed E-state index contributed by atoms with van der Waals surface area (Å²) < 4.78 is 62.2. The van der Waals surface area contributed by atoms with Gasteiger partial charge in [0.2, 0.25) is 5.82 Å². The third kappa shape index (κ3) is 9.24. The lowest BCUT2D eigenvalue weighted by Crippen LogP contribution is -2.47. The van der Waals surface area contributed by atoms with Gasteiger partial charge in [-0.1, -0.05) is 35.7 Å². The molecule has 4 aliphatic rings. The fourth-order valence-corrected chi connectivity index (χ4v) is 10.3. The summed E-state index contributed by atoms with van der Waals surface area (Å²) in [5, 5.41) is 16.3. The van der Waals surface area contributed by atoms with Crippen LogP contribution in [0.3, 0.4) is 0 Å². The van der Waals surface area contributed by atoms with Crippen molar-refractivity contribution < 1.29 is 36.7 Å². The van der Waals surface area contributed by atoms with Crippen LogP contribution in [0.5, 0.6) is 11.5 Å². The first-order valence-electron chi connectivity index (χ1n) is 21.1. The van der Waals surface area contributed by atoms with Gasteiger partial charge in [-0.15, -0.1) is 0 Å². The molecule has 3 aromatic carbocycles. The average Bonchev–Trinajstić information content (AvgIpc) is 3.74. The largest absolute Gasteiger partial charge is 0.455 e. The van der Waals surface area contributed by atoms with Crippen molar-refractivity contribution in [1.82, 2.24) is 19.6 Å². The second-order valence-electron chi connectivity index (χ2n) is 16.7. The summed E-state index contributed by atoms with van der Waals surface area (Å²) in [6, 6.07) is 18.5. The van der Waals surface area contributed by atoms with Gasteiger partial charge in [0.25, 0.3) is 15.9 Å². The first-order valence-corrected chi connectivity index (χ1v) is 23.0. The number of carbonyl (C=O) groups is 1. The molecule has 2 aliphatic carbocycles. The van der Waals surface area contributed by atoms with Crippen LogP contribution in [0.2, 0.25) is 5.02 Å². The topological polar surface area (TPSA) is 181 Å². The Labute approximate surface area is 368 Å². The lowest BCUT2D eigenvalue weighted by molar-refractivity contribution is -0.386. The van der Waals surface area contributed by atoms with Gasteiger partial charge in [-0.3, -0.25) is 19.8 Å². The van der Waals surface area contributed by atoms with Crippen LogP contribution in [0.15, 0.2) is 89.6 Å². The molecule has 0 radical (unpaired) electrons. The fourth-order valence-electron chi connectivity index (χ4n) is 9.09. The molecule has 4 heterocycles. The SMILES string of the molecule is O=C(NS(=O)(=O)c1ccc(NCC2COCCO2)c([N+](=O)[O-])c1F)c1ccc(N2CCN(CC3=C(c4ccc(Cl)cc4)CC4(CCC4)CC3)CC2)cc1Oc1cnc2[nH]ccc2c1. The standard InChI is InChI=1S/C45H47ClFN7O8S/c46-32-4-2-29(3-5-32)37-24-45(12-1-13-45)14-10-31(37)27-52-16-18-53(19-17-52)33-6-7-36(39(23-33)62-34-22-30-11-15-48-43(30)50-25-34)44(55)51-63(58,59)40-9-8-38(42(41(40)47)54(56)57)49-26-35-28-60-20-21-61-35/h2-9,11,15,22-23,25,35,49H,1,10,12-14,16-21,24,26-28H2,(H,48,50)(H,51,55). The van der Waals surface area contributed by atoms with E-state index in [1.165, 1.54) is 54.7 Å². The molecule has 1 atom stereocenters. The zero-order chi connectivity index (χ0) is 43.7. The average molecular weight is 900 g/mol. The Morgan fingerprint density at radius 2 is 1.86 bits per heavy atom. The van der Waals surface area contributed by atoms with E-state index >= 15 is 4.39 Å². The maximum atomic E-state index is 15.8. The highest BCUT2D eigenvalue weighted by atomic mass is 35.5. The molecule has 63 heavy (non-hydrogen) atoms. The van der Waals surface area contributed by atoms with Gasteiger partial charge in [0.1, 0.15) is 27.7 Å². The molecule has 2 saturated heterocycles. The van der Waals surface area contributed by atoms with Crippen molar-refractivity contribution in [2.45, 2.75) is 49.5 Å². The van der Waals surface area contributed by atoms with Crippen molar-refractivity contribution >= 4 is 61.2 Å². The van der Waals surface area contributed by atoms with Gasteiger partial charge in [0, 0.05) is 67.6 Å². The van der Waals surface area contributed by atoms with Crippen molar-refractivity contribution in [2.24, 2.45) is 5.41 Å². The van der Waals surface area contributed by atoms with Gasteiger partial charge in [0.15, 0.2) is 0 Å². The lowest BCUT2D eigenvalue weighted by atomic mass is 9.59. The van der Waals surface area contributed by atoms with Crippen LogP contribution in [0.25, 0.3) is 16.6 Å². The molecule has 5 aromatic rings. The third-order valence-corrected chi connectivity index (χ3v) is 14.3. The summed E-state index contributed by atoms with van der Waals surface area (Å²) in [6.07, 6.45) is 10.0. The Morgan fingerprint density at radius 3 is 2.59 bits per heavy atom. The summed E-state index contributed by atoms with van der Waals surface area (Å²) in [5.41, 5.74) is 4.48. The van der Waals surface area contributed by atoms with E-state index in [-0.39, 0.29) is 35.9 Å². The van der Waals surface area contributed by atoms with Gasteiger partial charge < -0.3 is 29.4 Å². The van der Waals surface area contributed by atoms with E-state index in [1.54, 1.807) is 24.4 Å². The van der Waals surface area contributed by atoms with Gasteiger partial charge in [-0.05, 0) is 97.2 Å². The molecular formula is C45H47ClFN7O8S. The number of hydrogen-bond acceptors (Lipinski definition) is 12. The van der Waals surface area contributed by atoms with Crippen LogP contribution < -0.4 is 19.7 Å². The molecule has 1 unspecified atom stereocenters. The van der Waals surface area contributed by atoms with Gasteiger partial charge in [-0.2, -0.15) is 4.39 Å². The zero-order valence-corrected chi connectivity index (χ0v) is 36.0. The van der Waals surface area contributed by atoms with Crippen LogP contribution >= 0.6 is 11.6 Å². The Hall–Kier alpha value is -5.59. The minimum absolute atomic E-state index is 0.0316. The van der Waals surface area contributed by atoms with Crippen LogP contribution in [-0.4, -0.2) is 99.3 Å². The quantitative estimate of drug-likeness (QED) is 0.0768. The number of anilines is 2. The predicted octanol–water partition coefficient (Wildman–Crippen LogP) is 7.93. The molecule has 2 aromatic heterocycles. The van der Waals surface area contributed by atoms with Crippen LogP contribution in [0, 0.1) is 21.3 Å². The number of nitro groups is 1. The molecule has 0 bridgehead atoms. The highest BCUT2D eigenvalue weighted by Crippen LogP contribution is 2.55. The van der Waals surface area contributed by atoms with E-state index in [0.29, 0.717) is 37.4 Å². The number of halogens is 2. The molecule has 1 spiro atoms. The Bertz CT molecular complexity index is 2680. The summed E-state index contributed by atoms with van der Waals surface area (Å²) in [7, 11) is -4.98. The van der Waals surface area contributed by atoms with Crippen LogP contribution in [-0.2, 0) is 19.5 Å². The highest BCUT2D eigenvalue weighted by molar-refractivity contribution is 7.90. The molecule has 2 aliphatic heterocycles. The number of sulfonamides is 1. The van der Waals surface area contributed by atoms with Crippen LogP contribution in [0.1, 0.15) is 54.4 Å². The number of amides is 1. The van der Waals surface area contributed by atoms with Crippen molar-refractivity contribution in [1.29, 1.82) is 0 Å². The summed E-state index contributed by atoms with van der Waals surface area (Å²) in [5.74, 6) is -2.44. The lowest BCUT2D eigenvalue weighted by Gasteiger charge is -2.47. The number of piperazine rings is 1. The maximum Gasteiger partial charge on any atom is 0.329 e. The molecule has 1 saturated carbocycles. The molecular weight excluding hydrogens is 853 g/mol. The van der Waals surface area contributed by atoms with E-state index in [1.807, 2.05) is 22.9 Å². The number of nitrogens with zero attached hydrogens (tertiary/aromatic N) is 4. The number of allylic oxidation sites excluding steroid dienone is 1. The van der Waals surface area contributed by atoms with E-state index in [0.717, 1.165) is 60.7 Å². The van der Waals surface area contributed by atoms with E-state index < -0.39 is 43.4 Å². The molecule has 9 rings (SSSR count). The number of carbonyl (C=O) groups excluding carboxylic acids is 1. The van der Waals surface area contributed by atoms with Crippen molar-refractivity contribution in [3.63, 3.8) is 0 Å². The van der Waals surface area contributed by atoms with E-state index in [9.17, 15) is 23.3 Å². The minimum atomic E-state index is -4.98. The maximum absolute atomic E-state index is 15.8. The smallest absolute Gasteiger partial charge is 0.329 e. The number of nitro benzene ring substituents is 1. The van der Waals surface area contributed by atoms with Crippen molar-refractivity contribution in [3.05, 3.63) is 117 Å². The number of hydrogen-bond donors (Lipinski definition) is 3. The third-order valence-electron chi connectivity index (χ3n) is 12.7. The number of rotatable bonds is 13.